The van der Waals surface area contributed by atoms with E-state index in [1.165, 1.54) is 32.1 Å². The second kappa shape index (κ2) is 5.68. The summed E-state index contributed by atoms with van der Waals surface area (Å²) in [6.07, 6.45) is 6.45. The maximum atomic E-state index is 6.20. The summed E-state index contributed by atoms with van der Waals surface area (Å²) in [7, 11) is 0. The Balaban J connectivity index is 2.20. The third kappa shape index (κ3) is 2.25. The summed E-state index contributed by atoms with van der Waals surface area (Å²) in [5.74, 6) is 0.791. The highest BCUT2D eigenvalue weighted by Crippen LogP contribution is 2.43. The van der Waals surface area contributed by atoms with Crippen molar-refractivity contribution in [3.63, 3.8) is 0 Å². The van der Waals surface area contributed by atoms with E-state index in [2.05, 4.69) is 18.7 Å². The average molecular weight is 240 g/mol. The van der Waals surface area contributed by atoms with Crippen LogP contribution >= 0.6 is 0 Å². The first-order valence-corrected chi connectivity index (χ1v) is 7.33. The molecule has 0 aromatic heterocycles. The fourth-order valence-corrected chi connectivity index (χ4v) is 4.05. The van der Waals surface area contributed by atoms with Crippen molar-refractivity contribution in [3.05, 3.63) is 0 Å². The highest BCUT2D eigenvalue weighted by Gasteiger charge is 2.47. The number of hydrogen-bond donors (Lipinski definition) is 1. The molecule has 3 unspecified atom stereocenters. The minimum Gasteiger partial charge on any atom is -0.378 e. The summed E-state index contributed by atoms with van der Waals surface area (Å²) in [6, 6.07) is 0.583. The van der Waals surface area contributed by atoms with Gasteiger partial charge in [0, 0.05) is 24.7 Å². The molecule has 3 atom stereocenters. The molecular weight excluding hydrogens is 212 g/mol. The Morgan fingerprint density at radius 1 is 1.35 bits per heavy atom. The largest absolute Gasteiger partial charge is 0.378 e. The molecule has 3 nitrogen and oxygen atoms in total. The van der Waals surface area contributed by atoms with E-state index in [-0.39, 0.29) is 5.54 Å². The highest BCUT2D eigenvalue weighted by molar-refractivity contribution is 5.03. The highest BCUT2D eigenvalue weighted by atomic mass is 16.5. The molecule has 0 aromatic rings. The predicted octanol–water partition coefficient (Wildman–Crippen LogP) is 2.00. The van der Waals surface area contributed by atoms with Gasteiger partial charge >= 0.3 is 0 Å². The Kier molecular flexibility index (Phi) is 4.45. The lowest BCUT2D eigenvalue weighted by Gasteiger charge is -2.50. The van der Waals surface area contributed by atoms with Gasteiger partial charge in [0.25, 0.3) is 0 Å². The first kappa shape index (κ1) is 13.3. The summed E-state index contributed by atoms with van der Waals surface area (Å²) in [4.78, 5) is 2.71. The summed E-state index contributed by atoms with van der Waals surface area (Å²) in [6.45, 7) is 8.27. The van der Waals surface area contributed by atoms with Crippen LogP contribution in [-0.4, -0.2) is 42.8 Å². The van der Waals surface area contributed by atoms with Crippen molar-refractivity contribution >= 4 is 0 Å². The number of morpholine rings is 1. The molecule has 1 heterocycles. The molecule has 0 bridgehead atoms. The Hall–Kier alpha value is -0.120. The number of hydrogen-bond acceptors (Lipinski definition) is 3. The lowest BCUT2D eigenvalue weighted by atomic mass is 9.81. The summed E-state index contributed by atoms with van der Waals surface area (Å²) in [5, 5.41) is 0. The van der Waals surface area contributed by atoms with Gasteiger partial charge < -0.3 is 10.5 Å². The fourth-order valence-electron chi connectivity index (χ4n) is 4.05. The molecule has 2 aliphatic rings. The summed E-state index contributed by atoms with van der Waals surface area (Å²) < 4.78 is 5.64. The third-order valence-corrected chi connectivity index (χ3v) is 5.04. The molecule has 2 fully saturated rings. The standard InChI is InChI=1S/C14H28N2O/c1-3-12-6-5-7-14(12,11-15)16-8-9-17-10-13(16)4-2/h12-13H,3-11,15H2,1-2H3. The van der Waals surface area contributed by atoms with Crippen molar-refractivity contribution < 1.29 is 4.74 Å². The number of nitrogens with zero attached hydrogens (tertiary/aromatic N) is 1. The van der Waals surface area contributed by atoms with Gasteiger partial charge in [-0.25, -0.2) is 0 Å². The quantitative estimate of drug-likeness (QED) is 0.817. The number of rotatable bonds is 4. The minimum atomic E-state index is 0.277. The zero-order valence-electron chi connectivity index (χ0n) is 11.5. The zero-order chi connectivity index (χ0) is 12.3. The van der Waals surface area contributed by atoms with Gasteiger partial charge in [0.05, 0.1) is 13.2 Å². The van der Waals surface area contributed by atoms with Crippen LogP contribution in [0.3, 0.4) is 0 Å². The Morgan fingerprint density at radius 2 is 2.18 bits per heavy atom. The van der Waals surface area contributed by atoms with Crippen LogP contribution in [0, 0.1) is 5.92 Å². The van der Waals surface area contributed by atoms with E-state index < -0.39 is 0 Å². The van der Waals surface area contributed by atoms with E-state index in [4.69, 9.17) is 10.5 Å². The van der Waals surface area contributed by atoms with Crippen LogP contribution in [0.25, 0.3) is 0 Å². The van der Waals surface area contributed by atoms with E-state index in [1.54, 1.807) is 0 Å². The van der Waals surface area contributed by atoms with E-state index in [0.29, 0.717) is 6.04 Å². The third-order valence-electron chi connectivity index (χ3n) is 5.04. The molecule has 1 saturated carbocycles. The maximum absolute atomic E-state index is 6.20. The van der Waals surface area contributed by atoms with E-state index in [1.807, 2.05) is 0 Å². The molecule has 0 amide bonds. The second-order valence-corrected chi connectivity index (χ2v) is 5.64. The van der Waals surface area contributed by atoms with Crippen LogP contribution in [0.2, 0.25) is 0 Å². The van der Waals surface area contributed by atoms with Crippen molar-refractivity contribution in [2.45, 2.75) is 57.5 Å². The molecule has 1 saturated heterocycles. The predicted molar refractivity (Wildman–Crippen MR) is 71.0 cm³/mol. The van der Waals surface area contributed by atoms with Gasteiger partial charge in [0.1, 0.15) is 0 Å². The zero-order valence-corrected chi connectivity index (χ0v) is 11.5. The van der Waals surface area contributed by atoms with Crippen LogP contribution < -0.4 is 5.73 Å². The molecule has 0 aromatic carbocycles. The molecule has 0 radical (unpaired) electrons. The van der Waals surface area contributed by atoms with Gasteiger partial charge in [0.15, 0.2) is 0 Å². The van der Waals surface area contributed by atoms with Crippen molar-refractivity contribution in [2.24, 2.45) is 11.7 Å². The first-order chi connectivity index (χ1) is 8.28. The topological polar surface area (TPSA) is 38.5 Å². The Bertz CT molecular complexity index is 246. The van der Waals surface area contributed by atoms with Crippen molar-refractivity contribution in [1.82, 2.24) is 4.90 Å². The van der Waals surface area contributed by atoms with Gasteiger partial charge in [-0.1, -0.05) is 26.7 Å². The van der Waals surface area contributed by atoms with E-state index in [0.717, 1.165) is 32.2 Å². The van der Waals surface area contributed by atoms with E-state index in [9.17, 15) is 0 Å². The summed E-state index contributed by atoms with van der Waals surface area (Å²) >= 11 is 0. The SMILES string of the molecule is CCC1COCCN1C1(CN)CCCC1CC. The molecule has 2 rings (SSSR count). The van der Waals surface area contributed by atoms with Crippen LogP contribution in [0.15, 0.2) is 0 Å². The van der Waals surface area contributed by atoms with Gasteiger partial charge in [-0.05, 0) is 25.2 Å². The molecular formula is C14H28N2O. The fraction of sp³-hybridized carbons (Fsp3) is 1.00. The smallest absolute Gasteiger partial charge is 0.0622 e. The van der Waals surface area contributed by atoms with Gasteiger partial charge in [-0.3, -0.25) is 4.90 Å². The molecule has 1 aliphatic carbocycles. The molecule has 3 heteroatoms. The Morgan fingerprint density at radius 3 is 2.82 bits per heavy atom. The average Bonchev–Trinajstić information content (AvgIpc) is 2.82. The van der Waals surface area contributed by atoms with Gasteiger partial charge in [-0.2, -0.15) is 0 Å². The Labute approximate surface area is 106 Å². The molecule has 17 heavy (non-hydrogen) atoms. The van der Waals surface area contributed by atoms with Crippen LogP contribution in [-0.2, 0) is 4.74 Å². The van der Waals surface area contributed by atoms with E-state index >= 15 is 0 Å². The van der Waals surface area contributed by atoms with Crippen molar-refractivity contribution in [1.29, 1.82) is 0 Å². The molecule has 1 aliphatic heterocycles. The lowest BCUT2D eigenvalue weighted by molar-refractivity contribution is -0.0771. The monoisotopic (exact) mass is 240 g/mol. The van der Waals surface area contributed by atoms with Crippen molar-refractivity contribution in [3.8, 4) is 0 Å². The lowest BCUT2D eigenvalue weighted by Crippen LogP contribution is -2.63. The second-order valence-electron chi connectivity index (χ2n) is 5.64. The van der Waals surface area contributed by atoms with Crippen LogP contribution in [0.1, 0.15) is 46.0 Å². The van der Waals surface area contributed by atoms with Crippen LogP contribution in [0.4, 0.5) is 0 Å². The molecule has 0 spiro atoms. The van der Waals surface area contributed by atoms with Gasteiger partial charge in [0.2, 0.25) is 0 Å². The first-order valence-electron chi connectivity index (χ1n) is 7.33. The molecule has 100 valence electrons. The van der Waals surface area contributed by atoms with Crippen molar-refractivity contribution in [2.75, 3.05) is 26.3 Å². The summed E-state index contributed by atoms with van der Waals surface area (Å²) in [5.41, 5.74) is 6.48. The molecule has 2 N–H and O–H groups in total. The van der Waals surface area contributed by atoms with Crippen LogP contribution in [0.5, 0.6) is 0 Å². The number of nitrogens with two attached hydrogens (primary N) is 1. The minimum absolute atomic E-state index is 0.277. The number of ether oxygens (including phenoxy) is 1. The normalized spacial score (nSPS) is 39.7. The van der Waals surface area contributed by atoms with Gasteiger partial charge in [-0.15, -0.1) is 0 Å². The maximum Gasteiger partial charge on any atom is 0.0622 e.